The summed E-state index contributed by atoms with van der Waals surface area (Å²) in [5, 5.41) is 0. The molecule has 3 aliphatic rings. The summed E-state index contributed by atoms with van der Waals surface area (Å²) >= 11 is 0. The highest BCUT2D eigenvalue weighted by Crippen LogP contribution is 2.40. The van der Waals surface area contributed by atoms with Gasteiger partial charge in [-0.2, -0.15) is 0 Å². The molecule has 1 aromatic heterocycles. The van der Waals surface area contributed by atoms with E-state index in [-0.39, 0.29) is 24.8 Å². The van der Waals surface area contributed by atoms with Gasteiger partial charge >= 0.3 is 11.7 Å². The third-order valence-corrected chi connectivity index (χ3v) is 6.12. The van der Waals surface area contributed by atoms with E-state index in [2.05, 4.69) is 4.98 Å². The number of nitrogens with zero attached hydrogens (tertiary/aromatic N) is 1. The fourth-order valence-corrected chi connectivity index (χ4v) is 4.34. The van der Waals surface area contributed by atoms with E-state index in [0.717, 1.165) is 44.9 Å². The maximum Gasteiger partial charge on any atom is 0.338 e. The number of ether oxygens (including phenoxy) is 3. The summed E-state index contributed by atoms with van der Waals surface area (Å²) in [5.41, 5.74) is -1.70. The maximum absolute atomic E-state index is 12.7. The van der Waals surface area contributed by atoms with Crippen molar-refractivity contribution in [2.24, 2.45) is 0 Å². The summed E-state index contributed by atoms with van der Waals surface area (Å²) in [4.78, 5) is 38.0. The second-order valence-corrected chi connectivity index (χ2v) is 8.13. The summed E-state index contributed by atoms with van der Waals surface area (Å²) in [6, 6.07) is 1.29. The number of nitrogens with one attached hydrogen (secondary N) is 1. The minimum Gasteiger partial charge on any atom is -0.461 e. The van der Waals surface area contributed by atoms with E-state index in [4.69, 9.17) is 14.2 Å². The van der Waals surface area contributed by atoms with Crippen molar-refractivity contribution in [1.29, 1.82) is 0 Å². The summed E-state index contributed by atoms with van der Waals surface area (Å²) in [6.45, 7) is 0.156. The number of aromatic nitrogens is 2. The molecule has 0 aromatic carbocycles. The van der Waals surface area contributed by atoms with Gasteiger partial charge in [0.1, 0.15) is 12.8 Å². The lowest BCUT2D eigenvalue weighted by molar-refractivity contribution is -0.201. The zero-order valence-corrected chi connectivity index (χ0v) is 16.1. The molecule has 4 rings (SSSR count). The number of carbonyl (C=O) groups excluding carboxylic acids is 1. The third kappa shape index (κ3) is 4.07. The largest absolute Gasteiger partial charge is 0.461 e. The molecule has 3 fully saturated rings. The molecule has 8 nitrogen and oxygen atoms in total. The Bertz CT molecular complexity index is 805. The van der Waals surface area contributed by atoms with Gasteiger partial charge in [-0.05, 0) is 44.9 Å². The van der Waals surface area contributed by atoms with Crippen molar-refractivity contribution in [3.05, 3.63) is 33.1 Å². The molecule has 2 heterocycles. The molecular formula is C20H28N2O6. The molecule has 2 unspecified atom stereocenters. The van der Waals surface area contributed by atoms with Crippen LogP contribution in [0, 0.1) is 0 Å². The second kappa shape index (κ2) is 8.21. The van der Waals surface area contributed by atoms with E-state index in [9.17, 15) is 14.4 Å². The van der Waals surface area contributed by atoms with Crippen LogP contribution in [0.5, 0.6) is 0 Å². The molecule has 28 heavy (non-hydrogen) atoms. The quantitative estimate of drug-likeness (QED) is 0.744. The van der Waals surface area contributed by atoms with Crippen molar-refractivity contribution in [3.8, 4) is 0 Å². The van der Waals surface area contributed by atoms with Crippen molar-refractivity contribution in [1.82, 2.24) is 9.55 Å². The average molecular weight is 392 g/mol. The summed E-state index contributed by atoms with van der Waals surface area (Å²) in [7, 11) is 0. The van der Waals surface area contributed by atoms with Crippen LogP contribution in [0.4, 0.5) is 0 Å². The SMILES string of the molecule is O=C(OCC1CCC(n2ccc(=O)[nH]c2=O)O1)C1(OC2CCCCC2)CCC1. The van der Waals surface area contributed by atoms with Crippen LogP contribution in [0.3, 0.4) is 0 Å². The van der Waals surface area contributed by atoms with E-state index < -0.39 is 23.1 Å². The minimum absolute atomic E-state index is 0.156. The highest BCUT2D eigenvalue weighted by molar-refractivity contribution is 5.80. The average Bonchev–Trinajstić information content (AvgIpc) is 3.12. The van der Waals surface area contributed by atoms with Crippen molar-refractivity contribution in [2.75, 3.05) is 6.61 Å². The molecule has 1 aliphatic heterocycles. The Morgan fingerprint density at radius 2 is 1.93 bits per heavy atom. The lowest BCUT2D eigenvalue weighted by Gasteiger charge is -2.42. The van der Waals surface area contributed by atoms with E-state index in [1.807, 2.05) is 0 Å². The first-order valence-electron chi connectivity index (χ1n) is 10.4. The zero-order chi connectivity index (χ0) is 19.6. The van der Waals surface area contributed by atoms with Crippen LogP contribution in [-0.4, -0.2) is 39.9 Å². The molecule has 154 valence electrons. The Labute approximate surface area is 163 Å². The van der Waals surface area contributed by atoms with Crippen molar-refractivity contribution >= 4 is 5.97 Å². The molecular weight excluding hydrogens is 364 g/mol. The van der Waals surface area contributed by atoms with Crippen LogP contribution in [-0.2, 0) is 19.0 Å². The van der Waals surface area contributed by atoms with E-state index >= 15 is 0 Å². The predicted octanol–water partition coefficient (Wildman–Crippen LogP) is 2.03. The van der Waals surface area contributed by atoms with Crippen molar-refractivity contribution in [2.45, 2.75) is 88.2 Å². The van der Waals surface area contributed by atoms with Gasteiger partial charge in [-0.3, -0.25) is 14.3 Å². The number of H-pyrrole nitrogens is 1. The lowest BCUT2D eigenvalue weighted by Crippen LogP contribution is -2.51. The Kier molecular flexibility index (Phi) is 5.68. The highest BCUT2D eigenvalue weighted by Gasteiger charge is 2.49. The topological polar surface area (TPSA) is 99.6 Å². The van der Waals surface area contributed by atoms with Gasteiger partial charge in [0.25, 0.3) is 5.56 Å². The number of carbonyl (C=O) groups is 1. The number of hydrogen-bond donors (Lipinski definition) is 1. The van der Waals surface area contributed by atoms with E-state index in [1.165, 1.54) is 23.3 Å². The third-order valence-electron chi connectivity index (χ3n) is 6.12. The van der Waals surface area contributed by atoms with E-state index in [1.54, 1.807) is 0 Å². The lowest BCUT2D eigenvalue weighted by atomic mass is 9.79. The molecule has 2 aliphatic carbocycles. The maximum atomic E-state index is 12.7. The molecule has 1 N–H and O–H groups in total. The molecule has 1 saturated heterocycles. The fraction of sp³-hybridized carbons (Fsp3) is 0.750. The first-order valence-corrected chi connectivity index (χ1v) is 10.4. The Morgan fingerprint density at radius 3 is 2.61 bits per heavy atom. The second-order valence-electron chi connectivity index (χ2n) is 8.13. The van der Waals surface area contributed by atoms with Crippen LogP contribution in [0.2, 0.25) is 0 Å². The highest BCUT2D eigenvalue weighted by atomic mass is 16.6. The van der Waals surface area contributed by atoms with Crippen LogP contribution < -0.4 is 11.2 Å². The normalized spacial score (nSPS) is 27.3. The standard InChI is InChI=1S/C20H28N2O6/c23-16-9-12-22(19(25)21-16)17-8-7-15(27-17)13-26-18(24)20(10-4-11-20)28-14-5-2-1-3-6-14/h9,12,14-15,17H,1-8,10-11,13H2,(H,21,23,25). The summed E-state index contributed by atoms with van der Waals surface area (Å²) in [6.07, 6.45) is 10.2. The molecule has 0 spiro atoms. The van der Waals surface area contributed by atoms with Crippen LogP contribution >= 0.6 is 0 Å². The summed E-state index contributed by atoms with van der Waals surface area (Å²) in [5.74, 6) is -0.280. The number of aromatic amines is 1. The first kappa shape index (κ1) is 19.4. The van der Waals surface area contributed by atoms with Gasteiger partial charge in [-0.1, -0.05) is 19.3 Å². The van der Waals surface area contributed by atoms with Gasteiger partial charge in [0.05, 0.1) is 12.2 Å². The number of rotatable bonds is 6. The number of esters is 1. The molecule has 0 radical (unpaired) electrons. The van der Waals surface area contributed by atoms with Gasteiger partial charge in [0, 0.05) is 12.3 Å². The molecule has 8 heteroatoms. The Hall–Kier alpha value is -1.93. The van der Waals surface area contributed by atoms with Crippen molar-refractivity contribution in [3.63, 3.8) is 0 Å². The van der Waals surface area contributed by atoms with Gasteiger partial charge < -0.3 is 14.2 Å². The van der Waals surface area contributed by atoms with Crippen LogP contribution in [0.15, 0.2) is 21.9 Å². The Morgan fingerprint density at radius 1 is 1.14 bits per heavy atom. The van der Waals surface area contributed by atoms with Gasteiger partial charge in [0.2, 0.25) is 0 Å². The number of hydrogen-bond acceptors (Lipinski definition) is 6. The van der Waals surface area contributed by atoms with Gasteiger partial charge in [0.15, 0.2) is 5.60 Å². The molecule has 2 saturated carbocycles. The fourth-order valence-electron chi connectivity index (χ4n) is 4.34. The molecule has 0 amide bonds. The smallest absolute Gasteiger partial charge is 0.338 e. The van der Waals surface area contributed by atoms with Crippen LogP contribution in [0.1, 0.15) is 70.4 Å². The van der Waals surface area contributed by atoms with Crippen molar-refractivity contribution < 1.29 is 19.0 Å². The molecule has 0 bridgehead atoms. The monoisotopic (exact) mass is 392 g/mol. The predicted molar refractivity (Wildman–Crippen MR) is 100.0 cm³/mol. The molecule has 1 aromatic rings. The Balaban J connectivity index is 1.30. The minimum atomic E-state index is -0.768. The zero-order valence-electron chi connectivity index (χ0n) is 16.1. The summed E-state index contributed by atoms with van der Waals surface area (Å²) < 4.78 is 19.0. The van der Waals surface area contributed by atoms with Crippen LogP contribution in [0.25, 0.3) is 0 Å². The van der Waals surface area contributed by atoms with E-state index in [0.29, 0.717) is 12.8 Å². The first-order chi connectivity index (χ1) is 13.6. The molecule has 2 atom stereocenters. The van der Waals surface area contributed by atoms with Gasteiger partial charge in [-0.15, -0.1) is 0 Å². The van der Waals surface area contributed by atoms with Gasteiger partial charge in [-0.25, -0.2) is 9.59 Å².